The summed E-state index contributed by atoms with van der Waals surface area (Å²) in [4.78, 5) is 30.0. The van der Waals surface area contributed by atoms with Crippen LogP contribution in [0.3, 0.4) is 0 Å². The Balaban J connectivity index is 1.32. The first kappa shape index (κ1) is 29.4. The largest absolute Gasteiger partial charge is 0.394 e. The van der Waals surface area contributed by atoms with Crippen molar-refractivity contribution in [2.75, 3.05) is 46.6 Å². The molecule has 2 amide bonds. The first-order chi connectivity index (χ1) is 19.6. The molecule has 1 aromatic heterocycles. The van der Waals surface area contributed by atoms with E-state index in [1.807, 2.05) is 9.80 Å². The van der Waals surface area contributed by atoms with Crippen LogP contribution in [-0.2, 0) is 19.1 Å². The maximum atomic E-state index is 13.8. The number of carbonyl (C=O) groups excluding carboxylic acids is 2. The number of amides is 2. The van der Waals surface area contributed by atoms with Gasteiger partial charge < -0.3 is 29.5 Å². The molecule has 224 valence electrons. The Kier molecular flexibility index (Phi) is 8.61. The molecule has 3 saturated heterocycles. The number of rotatable bonds is 7. The zero-order valence-electron chi connectivity index (χ0n) is 22.7. The van der Waals surface area contributed by atoms with Gasteiger partial charge in [0.05, 0.1) is 32.1 Å². The number of piperidine rings is 1. The molecule has 3 aliphatic rings. The van der Waals surface area contributed by atoms with Gasteiger partial charge >= 0.3 is 0 Å². The average molecular weight is 583 g/mol. The predicted octanol–water partition coefficient (Wildman–Crippen LogP) is 0.152. The summed E-state index contributed by atoms with van der Waals surface area (Å²) in [6.07, 6.45) is -1.10. The van der Waals surface area contributed by atoms with E-state index in [2.05, 4.69) is 10.3 Å². The fourth-order valence-electron chi connectivity index (χ4n) is 5.99. The van der Waals surface area contributed by atoms with Crippen LogP contribution in [0.25, 0.3) is 11.3 Å². The van der Waals surface area contributed by atoms with Gasteiger partial charge in [0.15, 0.2) is 17.5 Å². The van der Waals surface area contributed by atoms with E-state index in [4.69, 9.17) is 9.47 Å². The quantitative estimate of drug-likeness (QED) is 0.438. The maximum Gasteiger partial charge on any atom is 0.238 e. The summed E-state index contributed by atoms with van der Waals surface area (Å²) < 4.78 is 54.1. The van der Waals surface area contributed by atoms with Gasteiger partial charge in [0.2, 0.25) is 11.8 Å². The van der Waals surface area contributed by atoms with Crippen LogP contribution in [0.1, 0.15) is 25.8 Å². The summed E-state index contributed by atoms with van der Waals surface area (Å²) in [5, 5.41) is 29.0. The molecule has 2 aromatic rings. The van der Waals surface area contributed by atoms with Crippen molar-refractivity contribution in [3.8, 4) is 11.3 Å². The number of halogens is 3. The lowest BCUT2D eigenvalue weighted by atomic mass is 9.92. The Bertz CT molecular complexity index is 1250. The molecular formula is C26H33F3N6O6. The number of carbonyl (C=O) groups is 2. The highest BCUT2D eigenvalue weighted by molar-refractivity contribution is 5.80. The van der Waals surface area contributed by atoms with E-state index in [-0.39, 0.29) is 42.2 Å². The van der Waals surface area contributed by atoms with Crippen molar-refractivity contribution in [1.29, 1.82) is 0 Å². The third-order valence-corrected chi connectivity index (χ3v) is 8.15. The SMILES string of the molecule is CO[C@@H]1[C@@H](n2cc(-c3cc(F)c(F)c(F)c3)nn2)[C@@H](O)[C@@H](CO)O[C@@H]1CN1CC(=O)N(C2CCN(C(C)=O)CC2)C1. The van der Waals surface area contributed by atoms with Gasteiger partial charge in [-0.2, -0.15) is 0 Å². The van der Waals surface area contributed by atoms with Crippen LogP contribution < -0.4 is 0 Å². The molecule has 5 rings (SSSR count). The van der Waals surface area contributed by atoms with E-state index in [0.29, 0.717) is 32.6 Å². The van der Waals surface area contributed by atoms with Crippen molar-refractivity contribution in [1.82, 2.24) is 29.7 Å². The molecule has 0 aliphatic carbocycles. The number of likely N-dealkylation sites (tertiary alicyclic amines) is 1. The van der Waals surface area contributed by atoms with E-state index in [1.54, 1.807) is 4.90 Å². The molecule has 3 fully saturated rings. The minimum atomic E-state index is -1.60. The van der Waals surface area contributed by atoms with Crippen LogP contribution in [0.2, 0.25) is 0 Å². The van der Waals surface area contributed by atoms with Crippen LogP contribution in [0.4, 0.5) is 13.2 Å². The molecule has 0 unspecified atom stereocenters. The van der Waals surface area contributed by atoms with Gasteiger partial charge in [0.25, 0.3) is 0 Å². The summed E-state index contributed by atoms with van der Waals surface area (Å²) in [6.45, 7) is 2.95. The van der Waals surface area contributed by atoms with Crippen LogP contribution in [0, 0.1) is 17.5 Å². The summed E-state index contributed by atoms with van der Waals surface area (Å²) in [5.41, 5.74) is -0.0201. The number of methoxy groups -OCH3 is 1. The molecule has 5 atom stereocenters. The van der Waals surface area contributed by atoms with Crippen molar-refractivity contribution in [2.45, 2.75) is 56.3 Å². The third kappa shape index (κ3) is 5.81. The molecule has 0 bridgehead atoms. The summed E-state index contributed by atoms with van der Waals surface area (Å²) in [6, 6.07) is 0.682. The zero-order chi connectivity index (χ0) is 29.4. The van der Waals surface area contributed by atoms with Crippen molar-refractivity contribution in [3.63, 3.8) is 0 Å². The Morgan fingerprint density at radius 2 is 1.85 bits per heavy atom. The minimum absolute atomic E-state index is 0.0167. The Hall–Kier alpha value is -3.11. The number of aliphatic hydroxyl groups is 2. The average Bonchev–Trinajstić information content (AvgIpc) is 3.58. The first-order valence-corrected chi connectivity index (χ1v) is 13.4. The standard InChI is InChI=1S/C26H33F3N6O6/c1-14(37)33-5-3-16(4-6-33)34-13-32(11-22(34)38)10-20-26(40-2)24(25(39)21(12-36)41-20)35-9-19(30-31-35)15-7-17(27)23(29)18(28)8-15/h7-9,16,20-21,24-26,36,39H,3-6,10-13H2,1-2H3/t20-,21-,24+,25+,26+/m1/s1. The van der Waals surface area contributed by atoms with Crippen molar-refractivity contribution < 1.29 is 42.4 Å². The second-order valence-corrected chi connectivity index (χ2v) is 10.7. The Labute approximate surface area is 234 Å². The van der Waals surface area contributed by atoms with Crippen LogP contribution >= 0.6 is 0 Å². The molecule has 0 spiro atoms. The second-order valence-electron chi connectivity index (χ2n) is 10.7. The lowest BCUT2D eigenvalue weighted by molar-refractivity contribution is -0.216. The normalized spacial score (nSPS) is 28.1. The molecule has 0 radical (unpaired) electrons. The van der Waals surface area contributed by atoms with Crippen molar-refractivity contribution >= 4 is 11.8 Å². The van der Waals surface area contributed by atoms with Gasteiger partial charge in [-0.25, -0.2) is 17.9 Å². The highest BCUT2D eigenvalue weighted by Gasteiger charge is 2.48. The summed E-state index contributed by atoms with van der Waals surface area (Å²) in [7, 11) is 1.42. The van der Waals surface area contributed by atoms with E-state index < -0.39 is 54.5 Å². The maximum absolute atomic E-state index is 13.8. The van der Waals surface area contributed by atoms with E-state index in [9.17, 15) is 33.0 Å². The highest BCUT2D eigenvalue weighted by Crippen LogP contribution is 2.34. The van der Waals surface area contributed by atoms with Gasteiger partial charge in [-0.05, 0) is 25.0 Å². The highest BCUT2D eigenvalue weighted by atomic mass is 19.2. The van der Waals surface area contributed by atoms with Gasteiger partial charge in [-0.15, -0.1) is 5.10 Å². The second kappa shape index (κ2) is 12.0. The number of aliphatic hydroxyl groups excluding tert-OH is 2. The molecule has 3 aliphatic heterocycles. The molecule has 41 heavy (non-hydrogen) atoms. The molecule has 1 aromatic carbocycles. The zero-order valence-corrected chi connectivity index (χ0v) is 22.7. The number of aromatic nitrogens is 3. The molecule has 4 heterocycles. The van der Waals surface area contributed by atoms with Crippen LogP contribution in [0.15, 0.2) is 18.3 Å². The topological polar surface area (TPSA) is 133 Å². The number of ether oxygens (including phenoxy) is 2. The molecule has 0 saturated carbocycles. The molecular weight excluding hydrogens is 549 g/mol. The smallest absolute Gasteiger partial charge is 0.238 e. The lowest BCUT2D eigenvalue weighted by Gasteiger charge is -2.44. The number of nitrogens with zero attached hydrogens (tertiary/aromatic N) is 6. The van der Waals surface area contributed by atoms with Gasteiger partial charge in [0.1, 0.15) is 30.0 Å². The Morgan fingerprint density at radius 3 is 2.46 bits per heavy atom. The number of benzene rings is 1. The monoisotopic (exact) mass is 582 g/mol. The fourth-order valence-corrected chi connectivity index (χ4v) is 5.99. The molecule has 2 N–H and O–H groups in total. The molecule has 12 nitrogen and oxygen atoms in total. The number of hydrogen-bond donors (Lipinski definition) is 2. The van der Waals surface area contributed by atoms with Gasteiger partial charge in [-0.1, -0.05) is 5.21 Å². The van der Waals surface area contributed by atoms with E-state index in [1.165, 1.54) is 24.9 Å². The van der Waals surface area contributed by atoms with Crippen LogP contribution in [-0.4, -0.2) is 129 Å². The minimum Gasteiger partial charge on any atom is -0.394 e. The predicted molar refractivity (Wildman–Crippen MR) is 135 cm³/mol. The third-order valence-electron chi connectivity index (χ3n) is 8.15. The van der Waals surface area contributed by atoms with Crippen molar-refractivity contribution in [3.05, 3.63) is 35.8 Å². The van der Waals surface area contributed by atoms with Crippen molar-refractivity contribution in [2.24, 2.45) is 0 Å². The number of hydrogen-bond acceptors (Lipinski definition) is 9. The van der Waals surface area contributed by atoms with E-state index in [0.717, 1.165) is 12.1 Å². The summed E-state index contributed by atoms with van der Waals surface area (Å²) >= 11 is 0. The lowest BCUT2D eigenvalue weighted by Crippen LogP contribution is -2.59. The van der Waals surface area contributed by atoms with Gasteiger partial charge in [-0.3, -0.25) is 14.5 Å². The summed E-state index contributed by atoms with van der Waals surface area (Å²) in [5.74, 6) is -4.38. The van der Waals surface area contributed by atoms with Gasteiger partial charge in [0, 0.05) is 45.3 Å². The molecule has 15 heteroatoms. The first-order valence-electron chi connectivity index (χ1n) is 13.4. The fraction of sp³-hybridized carbons (Fsp3) is 0.615. The van der Waals surface area contributed by atoms with Crippen LogP contribution in [0.5, 0.6) is 0 Å². The van der Waals surface area contributed by atoms with E-state index >= 15 is 0 Å². The Morgan fingerprint density at radius 1 is 1.17 bits per heavy atom.